The van der Waals surface area contributed by atoms with E-state index in [4.69, 9.17) is 38.2 Å². The van der Waals surface area contributed by atoms with Gasteiger partial charge in [0.05, 0.1) is 104 Å². The van der Waals surface area contributed by atoms with Gasteiger partial charge in [0, 0.05) is 140 Å². The van der Waals surface area contributed by atoms with Crippen molar-refractivity contribution in [2.24, 2.45) is 25.0 Å². The Morgan fingerprint density at radius 2 is 0.898 bits per heavy atom. The lowest BCUT2D eigenvalue weighted by molar-refractivity contribution is 0.0600. The Labute approximate surface area is 744 Å². The third kappa shape index (κ3) is 14.9. The molecule has 32 heteroatoms. The van der Waals surface area contributed by atoms with E-state index >= 15 is 0 Å². The average Bonchev–Trinajstić information content (AvgIpc) is 1.63. The number of hydrogen-bond acceptors (Lipinski definition) is 30. The van der Waals surface area contributed by atoms with Crippen LogP contribution in [0.5, 0.6) is 5.88 Å². The molecule has 0 bridgehead atoms. The molecule has 0 unspecified atom stereocenters. The van der Waals surface area contributed by atoms with Gasteiger partial charge >= 0.3 is 0 Å². The molecule has 644 valence electrons. The lowest BCUT2D eigenvalue weighted by Crippen LogP contribution is -2.48. The number of nitrogens with one attached hydrogen (secondary N) is 1. The minimum atomic E-state index is -1.65. The number of anilines is 6. The molecule has 0 aliphatic carbocycles. The largest absolute Gasteiger partial charge is 0.481 e. The quantitative estimate of drug-likeness (QED) is 0.0705. The number of ether oxygens (including phenoxy) is 1. The number of methoxy groups -OCH3 is 1. The number of aliphatic imine (C=N–C) groups is 5. The molecule has 5 fully saturated rings. The average molecular weight is 1760 g/mol. The van der Waals surface area contributed by atoms with Gasteiger partial charge in [0.25, 0.3) is 0 Å². The standard InChI is InChI=1S/C20H17N3O2S.C19H18ClN3O3.C19H20N4O2.C19H19N3O3.C18H13ClN4O2/c1-2-14-11-16-17(26-14)18(24)20(25)7-9-23(19(20)22-16)13-5-6-15-12(10-13)4-3-8-21-15;1-10-5-13-15(6-11(10)2)22-18-19(26,17(13)25)3-4-23(18)12-7-14(20)16(9-24)21-8-12;1-11-8-14-15(9-12(11)2)22-18-19(25,17(14)24)5-7-23(18)13-4-6-21-16(10-13)20-3;1-11-8-14-15(9-12(11)2)21-18-19(24,17(14)23)6-7-22(18)13-4-5-16(25-3)20-10-13;1-10-2-3-14-12(6-10)16(24)18(25)4-5-23(17(18)22-14)11-7-13(19)15(8-20)21-9-11/h3-6,8,10-11,25H,2,7,9H2,1H3;5-8,24,26H,3-4,9H2,1-2H3;4,6,8-10,25H,5,7H2,1-3H3,(H,20,21);4-5,8-10,24H,6-7H2,1-3H3;2-3,6-7,9,25H,4-5H2,1H3/t20-;3*19-;18-/m11111/s1. The van der Waals surface area contributed by atoms with Crippen LogP contribution in [0, 0.1) is 59.8 Å². The summed E-state index contributed by atoms with van der Waals surface area (Å²) in [6, 6.07) is 40.9. The molecular formula is C95H87Cl2N17O12S. The molecule has 5 aromatic carbocycles. The second kappa shape index (κ2) is 33.0. The van der Waals surface area contributed by atoms with E-state index in [1.165, 1.54) is 17.5 Å². The summed E-state index contributed by atoms with van der Waals surface area (Å²) in [5.74, 6) is 1.61. The zero-order valence-electron chi connectivity index (χ0n) is 70.9. The third-order valence-corrected chi connectivity index (χ3v) is 26.9. The number of aliphatic hydroxyl groups excluding tert-OH is 1. The summed E-state index contributed by atoms with van der Waals surface area (Å²) in [6.07, 6.45) is 10.5. The Bertz CT molecular complexity index is 6730. The number of nitrogens with zero attached hydrogens (tertiary/aromatic N) is 16. The lowest BCUT2D eigenvalue weighted by atomic mass is 9.86. The molecule has 0 saturated carbocycles. The van der Waals surface area contributed by atoms with Crippen LogP contribution in [-0.4, -0.2) is 189 Å². The van der Waals surface area contributed by atoms with Crippen LogP contribution in [0.25, 0.3) is 10.9 Å². The summed E-state index contributed by atoms with van der Waals surface area (Å²) in [5, 5.41) is 78.1. The van der Waals surface area contributed by atoms with Crippen molar-refractivity contribution in [1.82, 2.24) is 24.9 Å². The third-order valence-electron chi connectivity index (χ3n) is 25.0. The number of amidine groups is 5. The molecular weight excluding hydrogens is 1670 g/mol. The second-order valence-corrected chi connectivity index (χ2v) is 34.7. The SMILES string of the molecule is CCc1cc2c(s1)C(=O)[C@]1(O)CCN(c3ccc4ncccc4c3)C1=N2.CNc1cc(N2CC[C@@]3(O)C(=O)c4cc(C)c(C)cc4N=C23)ccn1.COc1ccc(N2CC[C@@]3(O)C(=O)c4cc(C)c(C)cc4N=C23)cn1.Cc1cc2c(cc1C)C(=O)[C@]1(O)CCN(c3cnc(CO)c(Cl)c3)C1=N2.Cc1ccc2c(c1)C(=O)[C@]1(O)CCN(c3cnc(C#N)c(Cl)c3)C1=N2. The summed E-state index contributed by atoms with van der Waals surface area (Å²) in [5.41, 5.74) is 9.29. The van der Waals surface area contributed by atoms with Gasteiger partial charge in [-0.05, 0) is 191 Å². The molecule has 11 aromatic rings. The number of carbonyl (C=O) groups excluding carboxylic acids is 5. The summed E-state index contributed by atoms with van der Waals surface area (Å²) in [4.78, 5) is 120. The number of pyridine rings is 5. The summed E-state index contributed by atoms with van der Waals surface area (Å²) in [7, 11) is 3.36. The van der Waals surface area contributed by atoms with E-state index in [0.717, 1.165) is 84.0 Å². The number of Topliss-reactive ketones (excluding diaryl/α,β-unsaturated/α-hetero) is 5. The molecule has 5 atom stereocenters. The van der Waals surface area contributed by atoms with Crippen molar-refractivity contribution < 1.29 is 59.3 Å². The van der Waals surface area contributed by atoms with Crippen LogP contribution in [0.2, 0.25) is 10.0 Å². The number of rotatable bonds is 9. The maximum atomic E-state index is 13.0. The summed E-state index contributed by atoms with van der Waals surface area (Å²) >= 11 is 13.7. The fraction of sp³-hybridized carbons (Fsp3) is 0.284. The molecule has 29 nitrogen and oxygen atoms in total. The summed E-state index contributed by atoms with van der Waals surface area (Å²) < 4.78 is 5.08. The van der Waals surface area contributed by atoms with Crippen LogP contribution in [0.1, 0.15) is 145 Å². The number of halogens is 2. The van der Waals surface area contributed by atoms with Gasteiger partial charge in [-0.1, -0.05) is 47.8 Å². The van der Waals surface area contributed by atoms with E-state index in [2.05, 4.69) is 57.1 Å². The molecule has 10 aliphatic rings. The molecule has 7 N–H and O–H groups in total. The van der Waals surface area contributed by atoms with Gasteiger partial charge in [0.1, 0.15) is 41.1 Å². The van der Waals surface area contributed by atoms with Crippen molar-refractivity contribution in [2.75, 3.05) is 76.7 Å². The minimum absolute atomic E-state index is 0.127. The predicted molar refractivity (Wildman–Crippen MR) is 490 cm³/mol. The van der Waals surface area contributed by atoms with Crippen molar-refractivity contribution in [3.05, 3.63) is 251 Å². The number of hydrogen-bond donors (Lipinski definition) is 7. The van der Waals surface area contributed by atoms with E-state index in [-0.39, 0.29) is 64.9 Å². The van der Waals surface area contributed by atoms with E-state index < -0.39 is 28.0 Å². The number of aliphatic hydroxyl groups is 6. The highest BCUT2D eigenvalue weighted by Gasteiger charge is 2.58. The highest BCUT2D eigenvalue weighted by molar-refractivity contribution is 7.15. The van der Waals surface area contributed by atoms with Crippen LogP contribution < -0.4 is 34.6 Å². The summed E-state index contributed by atoms with van der Waals surface area (Å²) in [6.45, 7) is 17.9. The molecule has 21 rings (SSSR count). The fourth-order valence-corrected chi connectivity index (χ4v) is 18.8. The van der Waals surface area contributed by atoms with Gasteiger partial charge in [-0.15, -0.1) is 11.3 Å². The van der Waals surface area contributed by atoms with Crippen LogP contribution in [0.15, 0.2) is 183 Å². The number of fused-ring (bicyclic) bond motifs is 11. The van der Waals surface area contributed by atoms with Gasteiger partial charge < -0.3 is 65.2 Å². The second-order valence-electron chi connectivity index (χ2n) is 32.8. The smallest absolute Gasteiger partial charge is 0.214 e. The molecule has 5 saturated heterocycles. The number of aromatic nitrogens is 5. The van der Waals surface area contributed by atoms with Crippen LogP contribution >= 0.6 is 34.5 Å². The van der Waals surface area contributed by atoms with Gasteiger partial charge in [-0.3, -0.25) is 33.9 Å². The van der Waals surface area contributed by atoms with Crippen molar-refractivity contribution in [3.8, 4) is 11.9 Å². The maximum Gasteiger partial charge on any atom is 0.214 e. The maximum absolute atomic E-state index is 13.0. The Kier molecular flexibility index (Phi) is 22.4. The Hall–Kier alpha value is -13.1. The first-order chi connectivity index (χ1) is 60.8. The molecule has 0 spiro atoms. The molecule has 0 radical (unpaired) electrons. The topological polar surface area (TPSA) is 394 Å². The first-order valence-electron chi connectivity index (χ1n) is 41.3. The van der Waals surface area contributed by atoms with Crippen LogP contribution in [-0.2, 0) is 13.0 Å². The van der Waals surface area contributed by atoms with E-state index in [1.54, 1.807) is 85.1 Å². The Balaban J connectivity index is 0.000000112. The van der Waals surface area contributed by atoms with Crippen LogP contribution in [0.4, 0.5) is 62.7 Å². The predicted octanol–water partition coefficient (Wildman–Crippen LogP) is 14.4. The van der Waals surface area contributed by atoms with Gasteiger partial charge in [0.15, 0.2) is 33.7 Å². The lowest BCUT2D eigenvalue weighted by Gasteiger charge is -2.30. The molecule has 0 amide bonds. The van der Waals surface area contributed by atoms with Crippen molar-refractivity contribution in [1.29, 1.82) is 5.26 Å². The highest BCUT2D eigenvalue weighted by Crippen LogP contribution is 2.48. The van der Waals surface area contributed by atoms with Crippen LogP contribution in [0.3, 0.4) is 0 Å². The monoisotopic (exact) mass is 1760 g/mol. The molecule has 10 aliphatic heterocycles. The number of nitriles is 1. The molecule has 127 heavy (non-hydrogen) atoms. The van der Waals surface area contributed by atoms with E-state index in [1.807, 2.05) is 160 Å². The Morgan fingerprint density at radius 1 is 0.457 bits per heavy atom. The van der Waals surface area contributed by atoms with Gasteiger partial charge in [-0.25, -0.2) is 39.9 Å². The van der Waals surface area contributed by atoms with Gasteiger partial charge in [-0.2, -0.15) is 5.26 Å². The van der Waals surface area contributed by atoms with Crippen molar-refractivity contribution in [3.63, 3.8) is 0 Å². The number of carbonyl (C=O) groups is 5. The van der Waals surface area contributed by atoms with Gasteiger partial charge in [0.2, 0.25) is 34.8 Å². The zero-order chi connectivity index (χ0) is 89.8. The van der Waals surface area contributed by atoms with E-state index in [0.29, 0.717) is 159 Å². The minimum Gasteiger partial charge on any atom is -0.481 e. The number of ketones is 5. The van der Waals surface area contributed by atoms with E-state index in [9.17, 15) is 54.6 Å². The van der Waals surface area contributed by atoms with Crippen molar-refractivity contribution in [2.45, 2.75) is 129 Å². The number of thiophene rings is 1. The first-order valence-corrected chi connectivity index (χ1v) is 42.9. The molecule has 6 aromatic heterocycles. The van der Waals surface area contributed by atoms with Crippen molar-refractivity contribution >= 4 is 166 Å². The first kappa shape index (κ1) is 86.1. The number of benzene rings is 5. The number of aryl methyl sites for hydroxylation is 8. The zero-order valence-corrected chi connectivity index (χ0v) is 73.3. The Morgan fingerprint density at radius 3 is 1.36 bits per heavy atom. The highest BCUT2D eigenvalue weighted by atomic mass is 35.5. The molecule has 16 heterocycles. The normalized spacial score (nSPS) is 21.6. The fourth-order valence-electron chi connectivity index (χ4n) is 17.3.